The molecular weight excluding hydrogens is 308 g/mol. The van der Waals surface area contributed by atoms with Crippen LogP contribution in [-0.4, -0.2) is 23.1 Å². The molecule has 1 aliphatic rings. The molecule has 0 spiro atoms. The zero-order valence-electron chi connectivity index (χ0n) is 11.1. The third kappa shape index (κ3) is 3.80. The first-order chi connectivity index (χ1) is 9.08. The van der Waals surface area contributed by atoms with Crippen molar-refractivity contribution in [2.45, 2.75) is 51.2 Å². The van der Waals surface area contributed by atoms with Gasteiger partial charge in [-0.1, -0.05) is 28.8 Å². The van der Waals surface area contributed by atoms with E-state index in [0.29, 0.717) is 11.3 Å². The molecule has 0 aromatic heterocycles. The van der Waals surface area contributed by atoms with Gasteiger partial charge < -0.3 is 9.84 Å². The zero-order chi connectivity index (χ0) is 13.8. The number of aliphatic hydroxyl groups excluding tert-OH is 1. The molecule has 2 unspecified atom stereocenters. The summed E-state index contributed by atoms with van der Waals surface area (Å²) in [7, 11) is 0. The van der Waals surface area contributed by atoms with Crippen LogP contribution in [0.4, 0.5) is 0 Å². The minimum atomic E-state index is -0.443. The van der Waals surface area contributed by atoms with Gasteiger partial charge in [-0.3, -0.25) is 4.79 Å². The second-order valence-corrected chi connectivity index (χ2v) is 5.97. The Labute approximate surface area is 122 Å². The molecule has 2 atom stereocenters. The summed E-state index contributed by atoms with van der Waals surface area (Å²) >= 11 is 3.39. The van der Waals surface area contributed by atoms with Crippen LogP contribution in [0.3, 0.4) is 0 Å². The number of Topliss-reactive ketones (excluding diaryl/α,β-unsaturated/α-hetero) is 1. The standard InChI is InChI=1S/C15H19BrO3/c1-10(17)12-8-7-11(16)9-15(12)19-14-6-4-2-3-5-13(14)18/h7-9,13-14,18H,2-6H2,1H3. The molecular formula is C15H19BrO3. The lowest BCUT2D eigenvalue weighted by Crippen LogP contribution is -2.31. The van der Waals surface area contributed by atoms with Crippen LogP contribution in [0.2, 0.25) is 0 Å². The van der Waals surface area contributed by atoms with Gasteiger partial charge in [0.15, 0.2) is 5.78 Å². The predicted molar refractivity (Wildman–Crippen MR) is 77.7 cm³/mol. The monoisotopic (exact) mass is 326 g/mol. The Morgan fingerprint density at radius 2 is 2.05 bits per heavy atom. The van der Waals surface area contributed by atoms with E-state index in [1.165, 1.54) is 6.92 Å². The summed E-state index contributed by atoms with van der Waals surface area (Å²) in [5.41, 5.74) is 0.569. The van der Waals surface area contributed by atoms with E-state index in [1.54, 1.807) is 12.1 Å². The van der Waals surface area contributed by atoms with Crippen molar-refractivity contribution < 1.29 is 14.6 Å². The Morgan fingerprint density at radius 3 is 2.79 bits per heavy atom. The maximum Gasteiger partial charge on any atom is 0.163 e. The van der Waals surface area contributed by atoms with Crippen molar-refractivity contribution in [1.29, 1.82) is 0 Å². The van der Waals surface area contributed by atoms with Crippen LogP contribution in [0.15, 0.2) is 22.7 Å². The number of aliphatic hydroxyl groups is 1. The van der Waals surface area contributed by atoms with Gasteiger partial charge in [0.2, 0.25) is 0 Å². The predicted octanol–water partition coefficient (Wildman–Crippen LogP) is 3.72. The first kappa shape index (κ1) is 14.5. The highest BCUT2D eigenvalue weighted by Crippen LogP contribution is 2.28. The Hall–Kier alpha value is -0.870. The van der Waals surface area contributed by atoms with E-state index in [4.69, 9.17) is 4.74 Å². The SMILES string of the molecule is CC(=O)c1ccc(Br)cc1OC1CCCCCC1O. The van der Waals surface area contributed by atoms with Gasteiger partial charge in [-0.2, -0.15) is 0 Å². The summed E-state index contributed by atoms with van der Waals surface area (Å²) in [5.74, 6) is 0.540. The minimum absolute atomic E-state index is 0.0226. The molecule has 0 saturated heterocycles. The topological polar surface area (TPSA) is 46.5 Å². The first-order valence-electron chi connectivity index (χ1n) is 6.73. The van der Waals surface area contributed by atoms with E-state index in [2.05, 4.69) is 15.9 Å². The van der Waals surface area contributed by atoms with Crippen molar-refractivity contribution in [2.24, 2.45) is 0 Å². The molecule has 19 heavy (non-hydrogen) atoms. The third-order valence-corrected chi connectivity index (χ3v) is 4.01. The Morgan fingerprint density at radius 1 is 1.32 bits per heavy atom. The van der Waals surface area contributed by atoms with Crippen molar-refractivity contribution in [3.05, 3.63) is 28.2 Å². The lowest BCUT2D eigenvalue weighted by molar-refractivity contribution is 0.0313. The molecule has 0 aliphatic heterocycles. The van der Waals surface area contributed by atoms with E-state index in [0.717, 1.165) is 36.6 Å². The minimum Gasteiger partial charge on any atom is -0.487 e. The summed E-state index contributed by atoms with van der Waals surface area (Å²) in [6.07, 6.45) is 4.19. The summed E-state index contributed by atoms with van der Waals surface area (Å²) in [6, 6.07) is 5.38. The molecule has 104 valence electrons. The number of carbonyl (C=O) groups is 1. The van der Waals surface area contributed by atoms with Crippen LogP contribution in [0, 0.1) is 0 Å². The van der Waals surface area contributed by atoms with Crippen LogP contribution in [-0.2, 0) is 0 Å². The molecule has 4 heteroatoms. The second kappa shape index (κ2) is 6.53. The highest BCUT2D eigenvalue weighted by atomic mass is 79.9. The molecule has 2 rings (SSSR count). The van der Waals surface area contributed by atoms with Gasteiger partial charge in [-0.25, -0.2) is 0 Å². The molecule has 1 aromatic rings. The number of ether oxygens (including phenoxy) is 1. The lowest BCUT2D eigenvalue weighted by atomic mass is 10.1. The van der Waals surface area contributed by atoms with E-state index in [1.807, 2.05) is 6.07 Å². The largest absolute Gasteiger partial charge is 0.487 e. The number of ketones is 1. The van der Waals surface area contributed by atoms with Gasteiger partial charge in [-0.05, 0) is 44.4 Å². The number of hydrogen-bond donors (Lipinski definition) is 1. The molecule has 1 saturated carbocycles. The summed E-state index contributed by atoms with van der Waals surface area (Å²) in [4.78, 5) is 11.6. The van der Waals surface area contributed by atoms with E-state index in [-0.39, 0.29) is 11.9 Å². The van der Waals surface area contributed by atoms with Gasteiger partial charge in [0.1, 0.15) is 11.9 Å². The molecule has 0 amide bonds. The normalized spacial score (nSPS) is 23.7. The van der Waals surface area contributed by atoms with Crippen LogP contribution >= 0.6 is 15.9 Å². The Balaban J connectivity index is 2.21. The maximum atomic E-state index is 11.6. The van der Waals surface area contributed by atoms with Gasteiger partial charge in [0.05, 0.1) is 11.7 Å². The second-order valence-electron chi connectivity index (χ2n) is 5.06. The van der Waals surface area contributed by atoms with Crippen molar-refractivity contribution in [2.75, 3.05) is 0 Å². The first-order valence-corrected chi connectivity index (χ1v) is 7.52. The van der Waals surface area contributed by atoms with Crippen molar-refractivity contribution in [3.63, 3.8) is 0 Å². The molecule has 1 aromatic carbocycles. The lowest BCUT2D eigenvalue weighted by Gasteiger charge is -2.23. The summed E-state index contributed by atoms with van der Waals surface area (Å²) in [5, 5.41) is 10.1. The van der Waals surface area contributed by atoms with Gasteiger partial charge in [0.25, 0.3) is 0 Å². The number of hydrogen-bond acceptors (Lipinski definition) is 3. The van der Waals surface area contributed by atoms with Crippen molar-refractivity contribution in [3.8, 4) is 5.75 Å². The third-order valence-electron chi connectivity index (χ3n) is 3.52. The molecule has 0 radical (unpaired) electrons. The van der Waals surface area contributed by atoms with E-state index < -0.39 is 6.10 Å². The average molecular weight is 327 g/mol. The fourth-order valence-corrected chi connectivity index (χ4v) is 2.78. The van der Waals surface area contributed by atoms with Gasteiger partial charge >= 0.3 is 0 Å². The molecule has 0 heterocycles. The fourth-order valence-electron chi connectivity index (χ4n) is 2.44. The molecule has 3 nitrogen and oxygen atoms in total. The highest BCUT2D eigenvalue weighted by Gasteiger charge is 2.24. The van der Waals surface area contributed by atoms with Crippen LogP contribution in [0.1, 0.15) is 49.4 Å². The number of benzene rings is 1. The van der Waals surface area contributed by atoms with Gasteiger partial charge in [0, 0.05) is 4.47 Å². The smallest absolute Gasteiger partial charge is 0.163 e. The highest BCUT2D eigenvalue weighted by molar-refractivity contribution is 9.10. The number of carbonyl (C=O) groups excluding carboxylic acids is 1. The summed E-state index contributed by atoms with van der Waals surface area (Å²) in [6.45, 7) is 1.53. The Bertz CT molecular complexity index is 459. The van der Waals surface area contributed by atoms with Gasteiger partial charge in [-0.15, -0.1) is 0 Å². The Kier molecular flexibility index (Phi) is 4.99. The van der Waals surface area contributed by atoms with Crippen LogP contribution < -0.4 is 4.74 Å². The number of rotatable bonds is 3. The van der Waals surface area contributed by atoms with Crippen LogP contribution in [0.5, 0.6) is 5.75 Å². The molecule has 1 aliphatic carbocycles. The van der Waals surface area contributed by atoms with Crippen molar-refractivity contribution >= 4 is 21.7 Å². The fraction of sp³-hybridized carbons (Fsp3) is 0.533. The van der Waals surface area contributed by atoms with Crippen LogP contribution in [0.25, 0.3) is 0 Å². The van der Waals surface area contributed by atoms with E-state index in [9.17, 15) is 9.90 Å². The average Bonchev–Trinajstić information content (AvgIpc) is 2.55. The zero-order valence-corrected chi connectivity index (χ0v) is 12.6. The maximum absolute atomic E-state index is 11.6. The molecule has 0 bridgehead atoms. The molecule has 1 N–H and O–H groups in total. The van der Waals surface area contributed by atoms with Crippen molar-refractivity contribution in [1.82, 2.24) is 0 Å². The quantitative estimate of drug-likeness (QED) is 0.680. The molecule has 1 fully saturated rings. The summed E-state index contributed by atoms with van der Waals surface area (Å²) < 4.78 is 6.79. The van der Waals surface area contributed by atoms with E-state index >= 15 is 0 Å². The number of halogens is 1.